The molecule has 0 bridgehead atoms. The van der Waals surface area contributed by atoms with Crippen LogP contribution in [0.1, 0.15) is 57.1 Å². The summed E-state index contributed by atoms with van der Waals surface area (Å²) in [6.07, 6.45) is 4.16. The summed E-state index contributed by atoms with van der Waals surface area (Å²) in [6.45, 7) is 9.37. The molecule has 3 amide bonds. The Morgan fingerprint density at radius 2 is 1.68 bits per heavy atom. The Labute approximate surface area is 247 Å². The number of piperidine rings is 1. The van der Waals surface area contributed by atoms with Crippen molar-refractivity contribution in [3.63, 3.8) is 0 Å². The predicted molar refractivity (Wildman–Crippen MR) is 159 cm³/mol. The average Bonchev–Trinajstić information content (AvgIpc) is 3.48. The van der Waals surface area contributed by atoms with Crippen LogP contribution in [-0.2, 0) is 19.8 Å². The summed E-state index contributed by atoms with van der Waals surface area (Å²) in [5.74, 6) is -0.178. The Balaban J connectivity index is 1.27. The van der Waals surface area contributed by atoms with Gasteiger partial charge < -0.3 is 14.7 Å². The number of likely N-dealkylation sites (tertiary alicyclic amines) is 2. The van der Waals surface area contributed by atoms with Crippen molar-refractivity contribution in [2.45, 2.75) is 63.8 Å². The third-order valence-electron chi connectivity index (χ3n) is 9.28. The van der Waals surface area contributed by atoms with Crippen LogP contribution in [0.3, 0.4) is 0 Å². The summed E-state index contributed by atoms with van der Waals surface area (Å²) in [5, 5.41) is 1.08. The number of aryl methyl sites for hydroxylation is 1. The van der Waals surface area contributed by atoms with Crippen molar-refractivity contribution in [3.05, 3.63) is 63.6 Å². The zero-order valence-electron chi connectivity index (χ0n) is 23.6. The van der Waals surface area contributed by atoms with Crippen molar-refractivity contribution < 1.29 is 14.4 Å². The fraction of sp³-hybridized carbons (Fsp3) is 0.516. The smallest absolute Gasteiger partial charge is 0.256 e. The van der Waals surface area contributed by atoms with Crippen molar-refractivity contribution in [2.24, 2.45) is 0 Å². The minimum atomic E-state index is -0.690. The normalized spacial score (nSPS) is 22.9. The minimum absolute atomic E-state index is 0.0741. The lowest BCUT2D eigenvalue weighted by Gasteiger charge is -2.43. The SMILES string of the molecule is CC(=O)N1CCC(CCCN2CCC3(CC2)C(=O)N(C(C)=O)CN3c2cccc(C)c2)(c2ccc(Cl)c(Cl)c2)C1. The monoisotopic (exact) mass is 584 g/mol. The van der Waals surface area contributed by atoms with Crippen LogP contribution >= 0.6 is 23.2 Å². The van der Waals surface area contributed by atoms with E-state index in [1.807, 2.05) is 42.2 Å². The van der Waals surface area contributed by atoms with E-state index in [1.165, 1.54) is 11.8 Å². The molecule has 0 aliphatic carbocycles. The molecule has 1 spiro atoms. The van der Waals surface area contributed by atoms with Gasteiger partial charge in [0.25, 0.3) is 5.91 Å². The molecule has 3 saturated heterocycles. The van der Waals surface area contributed by atoms with Crippen molar-refractivity contribution in [2.75, 3.05) is 44.3 Å². The zero-order chi connectivity index (χ0) is 28.7. The van der Waals surface area contributed by atoms with Gasteiger partial charge >= 0.3 is 0 Å². The van der Waals surface area contributed by atoms with E-state index in [-0.39, 0.29) is 23.1 Å². The van der Waals surface area contributed by atoms with Gasteiger partial charge in [-0.05, 0) is 81.0 Å². The molecule has 0 aromatic heterocycles. The second-order valence-electron chi connectivity index (χ2n) is 11.7. The van der Waals surface area contributed by atoms with Gasteiger partial charge in [0, 0.05) is 51.1 Å². The minimum Gasteiger partial charge on any atom is -0.342 e. The largest absolute Gasteiger partial charge is 0.342 e. The topological polar surface area (TPSA) is 64.2 Å². The number of amides is 3. The summed E-state index contributed by atoms with van der Waals surface area (Å²) in [7, 11) is 0. The summed E-state index contributed by atoms with van der Waals surface area (Å²) in [6, 6.07) is 14.0. The molecule has 0 N–H and O–H groups in total. The number of benzene rings is 2. The number of hydrogen-bond acceptors (Lipinski definition) is 5. The van der Waals surface area contributed by atoms with E-state index in [2.05, 4.69) is 21.9 Å². The Kier molecular flexibility index (Phi) is 8.20. The number of rotatable bonds is 6. The second-order valence-corrected chi connectivity index (χ2v) is 12.6. The fourth-order valence-electron chi connectivity index (χ4n) is 6.90. The van der Waals surface area contributed by atoms with Gasteiger partial charge in [-0.15, -0.1) is 0 Å². The second kappa shape index (κ2) is 11.3. The maximum atomic E-state index is 13.6. The van der Waals surface area contributed by atoms with Crippen LogP contribution in [0.5, 0.6) is 0 Å². The predicted octanol–water partition coefficient (Wildman–Crippen LogP) is 5.26. The van der Waals surface area contributed by atoms with E-state index < -0.39 is 5.54 Å². The molecule has 7 nitrogen and oxygen atoms in total. The van der Waals surface area contributed by atoms with Gasteiger partial charge in [0.05, 0.1) is 10.0 Å². The van der Waals surface area contributed by atoms with Crippen LogP contribution in [0.2, 0.25) is 10.0 Å². The molecule has 2 aromatic rings. The van der Waals surface area contributed by atoms with Crippen LogP contribution in [0.4, 0.5) is 5.69 Å². The molecule has 0 saturated carbocycles. The van der Waals surface area contributed by atoms with Gasteiger partial charge in [-0.3, -0.25) is 19.3 Å². The molecule has 1 atom stereocenters. The van der Waals surface area contributed by atoms with Crippen LogP contribution < -0.4 is 4.90 Å². The van der Waals surface area contributed by atoms with E-state index in [0.29, 0.717) is 36.1 Å². The Bertz CT molecular complexity index is 1310. The Morgan fingerprint density at radius 3 is 2.30 bits per heavy atom. The Hall–Kier alpha value is -2.61. The van der Waals surface area contributed by atoms with E-state index in [4.69, 9.17) is 23.2 Å². The highest BCUT2D eigenvalue weighted by Crippen LogP contribution is 2.42. The van der Waals surface area contributed by atoms with Crippen LogP contribution in [0, 0.1) is 6.92 Å². The number of nitrogens with zero attached hydrogens (tertiary/aromatic N) is 4. The lowest BCUT2D eigenvalue weighted by molar-refractivity contribution is -0.143. The first-order valence-electron chi connectivity index (χ1n) is 14.1. The number of imide groups is 1. The molecule has 3 heterocycles. The molecular weight excluding hydrogens is 547 g/mol. The summed E-state index contributed by atoms with van der Waals surface area (Å²) in [4.78, 5) is 46.1. The van der Waals surface area contributed by atoms with E-state index in [9.17, 15) is 14.4 Å². The molecule has 5 rings (SSSR count). The molecule has 0 radical (unpaired) electrons. The number of halogens is 2. The first-order chi connectivity index (χ1) is 19.0. The molecule has 40 heavy (non-hydrogen) atoms. The highest BCUT2D eigenvalue weighted by Gasteiger charge is 2.54. The molecular formula is C31H38Cl2N4O3. The maximum Gasteiger partial charge on any atom is 0.256 e. The lowest BCUT2D eigenvalue weighted by Crippen LogP contribution is -2.56. The zero-order valence-corrected chi connectivity index (χ0v) is 25.1. The number of anilines is 1. The molecule has 214 valence electrons. The quantitative estimate of drug-likeness (QED) is 0.463. The Morgan fingerprint density at radius 1 is 0.925 bits per heavy atom. The lowest BCUT2D eigenvalue weighted by atomic mass is 9.76. The highest BCUT2D eigenvalue weighted by atomic mass is 35.5. The van der Waals surface area contributed by atoms with Crippen molar-refractivity contribution >= 4 is 46.6 Å². The first-order valence-corrected chi connectivity index (χ1v) is 14.9. The third kappa shape index (κ3) is 5.36. The number of carbonyl (C=O) groups is 3. The number of carbonyl (C=O) groups excluding carboxylic acids is 3. The maximum absolute atomic E-state index is 13.6. The van der Waals surface area contributed by atoms with Crippen LogP contribution in [0.25, 0.3) is 0 Å². The average molecular weight is 586 g/mol. The molecule has 9 heteroatoms. The van der Waals surface area contributed by atoms with Gasteiger partial charge in [0.1, 0.15) is 12.2 Å². The molecule has 1 unspecified atom stereocenters. The van der Waals surface area contributed by atoms with Gasteiger partial charge in [-0.2, -0.15) is 0 Å². The van der Waals surface area contributed by atoms with Gasteiger partial charge in [0.2, 0.25) is 11.8 Å². The van der Waals surface area contributed by atoms with Gasteiger partial charge in [-0.25, -0.2) is 0 Å². The van der Waals surface area contributed by atoms with E-state index in [1.54, 1.807) is 6.92 Å². The summed E-state index contributed by atoms with van der Waals surface area (Å²) in [5.41, 5.74) is 2.42. The molecule has 3 aliphatic heterocycles. The third-order valence-corrected chi connectivity index (χ3v) is 10.0. The van der Waals surface area contributed by atoms with Gasteiger partial charge in [0.15, 0.2) is 0 Å². The number of hydrogen-bond donors (Lipinski definition) is 0. The van der Waals surface area contributed by atoms with E-state index in [0.717, 1.165) is 62.3 Å². The van der Waals surface area contributed by atoms with E-state index >= 15 is 0 Å². The molecule has 2 aromatic carbocycles. The van der Waals surface area contributed by atoms with Gasteiger partial charge in [-0.1, -0.05) is 41.4 Å². The summed E-state index contributed by atoms with van der Waals surface area (Å²) < 4.78 is 0. The molecule has 3 aliphatic rings. The molecule has 3 fully saturated rings. The van der Waals surface area contributed by atoms with Crippen LogP contribution in [-0.4, -0.2) is 77.4 Å². The first kappa shape index (κ1) is 28.9. The van der Waals surface area contributed by atoms with Crippen molar-refractivity contribution in [3.8, 4) is 0 Å². The van der Waals surface area contributed by atoms with Crippen molar-refractivity contribution in [1.29, 1.82) is 0 Å². The van der Waals surface area contributed by atoms with Crippen molar-refractivity contribution in [1.82, 2.24) is 14.7 Å². The summed E-state index contributed by atoms with van der Waals surface area (Å²) >= 11 is 12.6. The standard InChI is InChI=1S/C31H38Cl2N4O3/c1-22-6-4-7-26(18-22)37-21-36(24(3)39)29(40)31(37)12-15-34(16-13-31)14-5-10-30(11-17-35(20-30)23(2)38)25-8-9-27(32)28(33)19-25/h4,6-9,18-19H,5,10-17,20-21H2,1-3H3. The fourth-order valence-corrected chi connectivity index (χ4v) is 7.20. The highest BCUT2D eigenvalue weighted by molar-refractivity contribution is 6.42. The van der Waals surface area contributed by atoms with Crippen LogP contribution in [0.15, 0.2) is 42.5 Å².